The lowest BCUT2D eigenvalue weighted by Gasteiger charge is -2.07. The largest absolute Gasteiger partial charge is 0.496 e. The highest BCUT2D eigenvalue weighted by Crippen LogP contribution is 2.37. The van der Waals surface area contributed by atoms with E-state index in [4.69, 9.17) is 13.9 Å². The van der Waals surface area contributed by atoms with E-state index in [2.05, 4.69) is 15.1 Å². The minimum Gasteiger partial charge on any atom is -0.496 e. The Labute approximate surface area is 203 Å². The summed E-state index contributed by atoms with van der Waals surface area (Å²) < 4.78 is 32.7. The number of benzene rings is 2. The molecule has 0 amide bonds. The summed E-state index contributed by atoms with van der Waals surface area (Å²) >= 11 is 1.49. The van der Waals surface area contributed by atoms with Crippen LogP contribution in [0.5, 0.6) is 11.5 Å². The molecule has 35 heavy (non-hydrogen) atoms. The molecule has 6 aromatic rings. The number of halogens is 1. The highest BCUT2D eigenvalue weighted by Gasteiger charge is 2.16. The van der Waals surface area contributed by atoms with Gasteiger partial charge in [0.25, 0.3) is 0 Å². The lowest BCUT2D eigenvalue weighted by molar-refractivity contribution is 0.303. The van der Waals surface area contributed by atoms with Crippen LogP contribution in [-0.4, -0.2) is 26.7 Å². The lowest BCUT2D eigenvalue weighted by Crippen LogP contribution is -1.97. The molecule has 0 aliphatic carbocycles. The number of thiazole rings is 1. The van der Waals surface area contributed by atoms with E-state index < -0.39 is 0 Å². The van der Waals surface area contributed by atoms with Gasteiger partial charge in [0.05, 0.1) is 30.1 Å². The molecule has 0 radical (unpaired) electrons. The summed E-state index contributed by atoms with van der Waals surface area (Å²) in [5.74, 6) is 1.56. The zero-order chi connectivity index (χ0) is 23.9. The number of imidazole rings is 1. The average Bonchev–Trinajstić information content (AvgIpc) is 3.60. The van der Waals surface area contributed by atoms with Crippen molar-refractivity contribution < 1.29 is 18.3 Å². The van der Waals surface area contributed by atoms with Crippen LogP contribution in [0.3, 0.4) is 0 Å². The van der Waals surface area contributed by atoms with E-state index in [1.54, 1.807) is 23.8 Å². The lowest BCUT2D eigenvalue weighted by atomic mass is 10.2. The number of rotatable bonds is 6. The molecule has 0 saturated heterocycles. The number of hydrogen-bond acceptors (Lipinski definition) is 7. The summed E-state index contributed by atoms with van der Waals surface area (Å²) in [7, 11) is 1.60. The van der Waals surface area contributed by atoms with E-state index in [0.29, 0.717) is 28.5 Å². The molecule has 0 unspecified atom stereocenters. The van der Waals surface area contributed by atoms with E-state index in [1.165, 1.54) is 23.5 Å². The van der Waals surface area contributed by atoms with Crippen molar-refractivity contribution in [2.45, 2.75) is 13.5 Å². The molecule has 0 fully saturated rings. The molecule has 2 aromatic carbocycles. The number of hydrogen-bond donors (Lipinski definition) is 0. The highest BCUT2D eigenvalue weighted by molar-refractivity contribution is 7.13. The van der Waals surface area contributed by atoms with Gasteiger partial charge in [0, 0.05) is 23.1 Å². The monoisotopic (exact) mass is 486 g/mol. The third kappa shape index (κ3) is 4.10. The molecule has 0 saturated carbocycles. The first-order valence-corrected chi connectivity index (χ1v) is 11.7. The summed E-state index contributed by atoms with van der Waals surface area (Å²) in [4.78, 5) is 9.25. The predicted molar refractivity (Wildman–Crippen MR) is 131 cm³/mol. The number of furan rings is 1. The van der Waals surface area contributed by atoms with Crippen LogP contribution in [0.15, 0.2) is 70.6 Å². The molecule has 0 N–H and O–H groups in total. The quantitative estimate of drug-likeness (QED) is 0.275. The molecule has 0 aliphatic heterocycles. The van der Waals surface area contributed by atoms with Crippen molar-refractivity contribution >= 4 is 28.0 Å². The second-order valence-corrected chi connectivity index (χ2v) is 8.85. The van der Waals surface area contributed by atoms with Gasteiger partial charge in [-0.25, -0.2) is 18.9 Å². The van der Waals surface area contributed by atoms with Crippen LogP contribution in [0.2, 0.25) is 0 Å². The first-order chi connectivity index (χ1) is 17.1. The van der Waals surface area contributed by atoms with Crippen LogP contribution in [0.1, 0.15) is 11.4 Å². The summed E-state index contributed by atoms with van der Waals surface area (Å²) in [5.41, 5.74) is 4.57. The molecule has 4 aromatic heterocycles. The molecule has 6 rings (SSSR count). The maximum atomic E-state index is 13.2. The van der Waals surface area contributed by atoms with Gasteiger partial charge < -0.3 is 13.9 Å². The first-order valence-electron chi connectivity index (χ1n) is 10.8. The van der Waals surface area contributed by atoms with Gasteiger partial charge in [-0.05, 0) is 49.4 Å². The summed E-state index contributed by atoms with van der Waals surface area (Å²) in [6.07, 6.45) is 1.84. The number of methoxy groups -OCH3 is 1. The van der Waals surface area contributed by atoms with Crippen LogP contribution in [0.25, 0.3) is 38.6 Å². The molecule has 0 bridgehead atoms. The third-order valence-corrected chi connectivity index (χ3v) is 6.47. The van der Waals surface area contributed by atoms with Crippen LogP contribution in [0, 0.1) is 12.7 Å². The number of aryl methyl sites for hydroxylation is 1. The Morgan fingerprint density at radius 3 is 2.74 bits per heavy atom. The predicted octanol–water partition coefficient (Wildman–Crippen LogP) is 6.30. The molecule has 4 heterocycles. The van der Waals surface area contributed by atoms with Crippen molar-refractivity contribution in [2.75, 3.05) is 7.11 Å². The molecule has 0 aliphatic rings. The third-order valence-electron chi connectivity index (χ3n) is 5.53. The normalized spacial score (nSPS) is 11.4. The Balaban J connectivity index is 1.30. The van der Waals surface area contributed by atoms with Crippen LogP contribution >= 0.6 is 11.3 Å². The van der Waals surface area contributed by atoms with E-state index >= 15 is 0 Å². The topological polar surface area (TPSA) is 74.7 Å². The molecule has 7 nitrogen and oxygen atoms in total. The first kappa shape index (κ1) is 21.3. The molecular weight excluding hydrogens is 467 g/mol. The molecule has 0 spiro atoms. The Morgan fingerprint density at radius 1 is 1.06 bits per heavy atom. The van der Waals surface area contributed by atoms with Gasteiger partial charge in [-0.15, -0.1) is 11.3 Å². The Kier molecular flexibility index (Phi) is 5.18. The fraction of sp³-hybridized carbons (Fsp3) is 0.115. The van der Waals surface area contributed by atoms with E-state index in [1.807, 2.05) is 48.8 Å². The number of fused-ring (bicyclic) bond motifs is 2. The Hall–Kier alpha value is -4.24. The van der Waals surface area contributed by atoms with Gasteiger partial charge >= 0.3 is 0 Å². The zero-order valence-electron chi connectivity index (χ0n) is 18.9. The van der Waals surface area contributed by atoms with Crippen molar-refractivity contribution in [3.63, 3.8) is 0 Å². The van der Waals surface area contributed by atoms with Crippen molar-refractivity contribution in [2.24, 2.45) is 0 Å². The number of ether oxygens (including phenoxy) is 2. The van der Waals surface area contributed by atoms with Crippen LogP contribution in [0.4, 0.5) is 4.39 Å². The van der Waals surface area contributed by atoms with Crippen LogP contribution in [-0.2, 0) is 6.61 Å². The molecule has 174 valence electrons. The van der Waals surface area contributed by atoms with Gasteiger partial charge in [-0.2, -0.15) is 5.10 Å². The van der Waals surface area contributed by atoms with Crippen molar-refractivity contribution in [3.8, 4) is 33.5 Å². The van der Waals surface area contributed by atoms with Gasteiger partial charge in [0.2, 0.25) is 0 Å². The minimum atomic E-state index is -0.273. The van der Waals surface area contributed by atoms with Gasteiger partial charge in [-0.3, -0.25) is 0 Å². The fourth-order valence-electron chi connectivity index (χ4n) is 3.79. The molecule has 9 heteroatoms. The number of aromatic nitrogens is 4. The second kappa shape index (κ2) is 8.52. The minimum absolute atomic E-state index is 0.262. The van der Waals surface area contributed by atoms with E-state index in [-0.39, 0.29) is 12.4 Å². The Morgan fingerprint density at radius 2 is 1.91 bits per heavy atom. The molecule has 0 atom stereocenters. The second-order valence-electron chi connectivity index (χ2n) is 7.99. The van der Waals surface area contributed by atoms with Crippen molar-refractivity contribution in [1.29, 1.82) is 0 Å². The van der Waals surface area contributed by atoms with Gasteiger partial charge in [-0.1, -0.05) is 0 Å². The standard InChI is InChI=1S/C26H19FN4O3S/c1-15-3-8-25-29-21(12-31(25)30-15)24-11-20-22(9-19(32-2)10-23(20)34-24)33-13-18-14-35-26(28-18)16-4-6-17(27)7-5-16/h3-12,14H,13H2,1-2H3. The maximum absolute atomic E-state index is 13.2. The zero-order valence-corrected chi connectivity index (χ0v) is 19.7. The van der Waals surface area contributed by atoms with Crippen molar-refractivity contribution in [3.05, 3.63) is 83.4 Å². The van der Waals surface area contributed by atoms with Crippen molar-refractivity contribution in [1.82, 2.24) is 19.6 Å². The maximum Gasteiger partial charge on any atom is 0.155 e. The van der Waals surface area contributed by atoms with Crippen LogP contribution < -0.4 is 9.47 Å². The summed E-state index contributed by atoms with van der Waals surface area (Å²) in [6.45, 7) is 2.19. The average molecular weight is 487 g/mol. The van der Waals surface area contributed by atoms with E-state index in [9.17, 15) is 4.39 Å². The summed E-state index contributed by atoms with van der Waals surface area (Å²) in [5, 5.41) is 8.00. The Bertz CT molecular complexity index is 1670. The summed E-state index contributed by atoms with van der Waals surface area (Å²) in [6, 6.07) is 15.7. The number of nitrogens with zero attached hydrogens (tertiary/aromatic N) is 4. The SMILES string of the molecule is COc1cc(OCc2csc(-c3ccc(F)cc3)n2)c2cc(-c3cn4nc(C)ccc4n3)oc2c1. The highest BCUT2D eigenvalue weighted by atomic mass is 32.1. The van der Waals surface area contributed by atoms with E-state index in [0.717, 1.165) is 33.0 Å². The smallest absolute Gasteiger partial charge is 0.155 e. The van der Waals surface area contributed by atoms with Gasteiger partial charge in [0.15, 0.2) is 11.4 Å². The van der Waals surface area contributed by atoms with Gasteiger partial charge in [0.1, 0.15) is 40.2 Å². The fourth-order valence-corrected chi connectivity index (χ4v) is 4.60. The molecular formula is C26H19FN4O3S.